The zero-order valence-electron chi connectivity index (χ0n) is 24.7. The third kappa shape index (κ3) is 11.6. The zero-order chi connectivity index (χ0) is 29.2. The first-order valence-corrected chi connectivity index (χ1v) is 14.1. The van der Waals surface area contributed by atoms with Crippen LogP contribution in [0.3, 0.4) is 0 Å². The minimum Gasteiger partial charge on any atom is -0.497 e. The van der Waals surface area contributed by atoms with Gasteiger partial charge in [-0.15, -0.1) is 5.06 Å². The fourth-order valence-electron chi connectivity index (χ4n) is 4.48. The summed E-state index contributed by atoms with van der Waals surface area (Å²) < 4.78 is 5.42. The van der Waals surface area contributed by atoms with Gasteiger partial charge in [0.2, 0.25) is 0 Å². The van der Waals surface area contributed by atoms with E-state index in [1.807, 2.05) is 79.9 Å². The average molecular weight is 548 g/mol. The van der Waals surface area contributed by atoms with Crippen molar-refractivity contribution in [3.63, 3.8) is 0 Å². The second-order valence-electron chi connectivity index (χ2n) is 9.53. The number of rotatable bonds is 16. The van der Waals surface area contributed by atoms with Gasteiger partial charge in [-0.25, -0.2) is 0 Å². The van der Waals surface area contributed by atoms with Crippen LogP contribution in [0.25, 0.3) is 0 Å². The van der Waals surface area contributed by atoms with E-state index in [1.54, 1.807) is 7.11 Å². The van der Waals surface area contributed by atoms with E-state index in [0.29, 0.717) is 18.8 Å². The van der Waals surface area contributed by atoms with Crippen LogP contribution in [0.15, 0.2) is 87.6 Å². The van der Waals surface area contributed by atoms with Gasteiger partial charge in [0.05, 0.1) is 18.5 Å². The summed E-state index contributed by atoms with van der Waals surface area (Å²) in [6.07, 6.45) is 22.0. The van der Waals surface area contributed by atoms with Crippen molar-refractivity contribution in [2.45, 2.75) is 66.2 Å². The molecule has 1 atom stereocenters. The number of aliphatic carboxylic acids is 1. The fourth-order valence-corrected chi connectivity index (χ4v) is 4.48. The van der Waals surface area contributed by atoms with Gasteiger partial charge in [-0.1, -0.05) is 30.4 Å². The lowest BCUT2D eigenvalue weighted by Gasteiger charge is -2.19. The first-order chi connectivity index (χ1) is 19.4. The van der Waals surface area contributed by atoms with Crippen molar-refractivity contribution in [3.05, 3.63) is 77.6 Å². The Morgan fingerprint density at radius 3 is 2.60 bits per heavy atom. The normalized spacial score (nSPS) is 17.7. The first-order valence-electron chi connectivity index (χ1n) is 14.1. The van der Waals surface area contributed by atoms with Crippen molar-refractivity contribution in [3.8, 4) is 5.75 Å². The Bertz CT molecular complexity index is 1160. The fraction of sp³-hybridized carbons (Fsp3) is 0.424. The topological polar surface area (TPSA) is 83.7 Å². The van der Waals surface area contributed by atoms with Crippen LogP contribution in [0.5, 0.6) is 5.75 Å². The maximum atomic E-state index is 10.7. The number of carboxylic acid groups (broad SMARTS) is 1. The number of carboxylic acids is 1. The van der Waals surface area contributed by atoms with Crippen LogP contribution < -0.4 is 4.84 Å². The molecule has 1 aliphatic heterocycles. The van der Waals surface area contributed by atoms with Gasteiger partial charge >= 0.3 is 5.97 Å². The number of unbranched alkanes of at least 4 members (excludes halogenated alkanes) is 2. The van der Waals surface area contributed by atoms with E-state index in [9.17, 15) is 4.79 Å². The van der Waals surface area contributed by atoms with Gasteiger partial charge in [-0.05, 0) is 88.8 Å². The van der Waals surface area contributed by atoms with E-state index in [0.717, 1.165) is 55.2 Å². The van der Waals surface area contributed by atoms with Crippen molar-refractivity contribution in [1.82, 2.24) is 5.06 Å². The number of allylic oxidation sites excluding steroid dienone is 8. The summed E-state index contributed by atoms with van der Waals surface area (Å²) in [5.74, 6) is 1.18. The lowest BCUT2D eigenvalue weighted by molar-refractivity contribution is -0.137. The molecule has 1 N–H and O–H groups in total. The molecule has 40 heavy (non-hydrogen) atoms. The number of hydroxylamine groups is 2. The molecule has 1 fully saturated rings. The van der Waals surface area contributed by atoms with Crippen LogP contribution in [-0.2, 0) is 9.53 Å². The zero-order valence-corrected chi connectivity index (χ0v) is 24.7. The summed E-state index contributed by atoms with van der Waals surface area (Å²) in [5, 5.41) is 10.8. The molecule has 0 aliphatic carbocycles. The number of hydrogen-bond acceptors (Lipinski definition) is 6. The van der Waals surface area contributed by atoms with Gasteiger partial charge in [0.1, 0.15) is 11.5 Å². The Morgan fingerprint density at radius 2 is 1.90 bits per heavy atom. The molecule has 1 aliphatic rings. The number of hydrogen-bond donors (Lipinski definition) is 1. The molecule has 2 rings (SSSR count). The molecule has 1 aromatic rings. The largest absolute Gasteiger partial charge is 0.497 e. The van der Waals surface area contributed by atoms with Crippen LogP contribution in [0.2, 0.25) is 0 Å². The van der Waals surface area contributed by atoms with Crippen molar-refractivity contribution in [2.24, 2.45) is 15.9 Å². The first kappa shape index (κ1) is 32.5. The summed E-state index contributed by atoms with van der Waals surface area (Å²) >= 11 is 0. The summed E-state index contributed by atoms with van der Waals surface area (Å²) in [5.41, 5.74) is 4.00. The van der Waals surface area contributed by atoms with Gasteiger partial charge in [-0.3, -0.25) is 14.8 Å². The van der Waals surface area contributed by atoms with Gasteiger partial charge in [-0.2, -0.15) is 0 Å². The molecule has 0 amide bonds. The maximum Gasteiger partial charge on any atom is 0.303 e. The number of benzene rings is 1. The lowest BCUT2D eigenvalue weighted by Crippen LogP contribution is -2.25. The molecule has 1 heterocycles. The van der Waals surface area contributed by atoms with E-state index < -0.39 is 5.97 Å². The molecular weight excluding hydrogens is 502 g/mol. The average Bonchev–Trinajstić information content (AvgIpc) is 3.40. The van der Waals surface area contributed by atoms with Crippen molar-refractivity contribution < 1.29 is 19.5 Å². The highest BCUT2D eigenvalue weighted by molar-refractivity contribution is 5.76. The molecule has 7 nitrogen and oxygen atoms in total. The number of carbonyl (C=O) groups is 1. The second-order valence-corrected chi connectivity index (χ2v) is 9.53. The summed E-state index contributed by atoms with van der Waals surface area (Å²) in [6, 6.07) is 5.78. The van der Waals surface area contributed by atoms with Crippen molar-refractivity contribution >= 4 is 29.8 Å². The monoisotopic (exact) mass is 547 g/mol. The van der Waals surface area contributed by atoms with Gasteiger partial charge in [0.25, 0.3) is 0 Å². The number of nitrogens with zero attached hydrogens (tertiary/aromatic N) is 3. The van der Waals surface area contributed by atoms with E-state index in [2.05, 4.69) is 36.0 Å². The minimum absolute atomic E-state index is 0.178. The third-order valence-electron chi connectivity index (χ3n) is 6.53. The molecular formula is C33H45N3O4. The quantitative estimate of drug-likeness (QED) is 0.0973. The Kier molecular flexibility index (Phi) is 15.1. The second kappa shape index (κ2) is 18.6. The molecule has 0 radical (unpaired) electrons. The van der Waals surface area contributed by atoms with E-state index in [4.69, 9.17) is 14.7 Å². The molecule has 216 valence electrons. The van der Waals surface area contributed by atoms with Crippen LogP contribution in [0.4, 0.5) is 11.4 Å². The predicted molar refractivity (Wildman–Crippen MR) is 166 cm³/mol. The molecule has 0 spiro atoms. The predicted octanol–water partition coefficient (Wildman–Crippen LogP) is 8.32. The Balaban J connectivity index is 2.12. The number of methoxy groups -OCH3 is 1. The minimum atomic E-state index is -0.767. The molecule has 0 saturated carbocycles. The Hall–Kier alpha value is -3.71. The van der Waals surface area contributed by atoms with Crippen molar-refractivity contribution in [1.29, 1.82) is 0 Å². The summed E-state index contributed by atoms with van der Waals surface area (Å²) in [7, 11) is 1.69. The summed E-state index contributed by atoms with van der Waals surface area (Å²) in [4.78, 5) is 26.3. The summed E-state index contributed by atoms with van der Waals surface area (Å²) in [6.45, 7) is 9.79. The highest BCUT2D eigenvalue weighted by atomic mass is 16.7. The molecule has 1 unspecified atom stereocenters. The maximum absolute atomic E-state index is 10.7. The molecule has 1 saturated heterocycles. The van der Waals surface area contributed by atoms with Crippen molar-refractivity contribution in [2.75, 3.05) is 20.2 Å². The smallest absolute Gasteiger partial charge is 0.303 e. The van der Waals surface area contributed by atoms with Crippen LogP contribution in [0, 0.1) is 5.92 Å². The van der Waals surface area contributed by atoms with E-state index >= 15 is 0 Å². The van der Waals surface area contributed by atoms with Gasteiger partial charge < -0.3 is 14.7 Å². The standard InChI is InChI=1S/C33H45N3O4/c1-6-9-10-11-14-20-34-31-18-17-29(24-32(31)35-21-15-12-13-16-33(37)38)40-36-22-19-27(25-36)30(8-3)26(4)23-28(7-2)39-5/h6-11,17-18,20-21,23-24,27H,12-16,19,22,25H2,1-5H3,(H,37,38)/b9-6-,11-10-,26-23-,28-7+,30-8+,34-20?,35-21?. The molecule has 1 aromatic carbocycles. The van der Waals surface area contributed by atoms with Crippen LogP contribution >= 0.6 is 0 Å². The SMILES string of the molecule is C/C=C\C=C/CC=Nc1ccc(ON2CCC(C(=C/C)/C(C)=C\C(=C/C)OC)C2)cc1N=CCCCCC(=O)O. The van der Waals surface area contributed by atoms with Crippen LogP contribution in [0.1, 0.15) is 66.2 Å². The van der Waals surface area contributed by atoms with E-state index in [-0.39, 0.29) is 6.42 Å². The van der Waals surface area contributed by atoms with E-state index in [1.165, 1.54) is 11.1 Å². The van der Waals surface area contributed by atoms with Gasteiger partial charge in [0, 0.05) is 50.3 Å². The highest BCUT2D eigenvalue weighted by Crippen LogP contribution is 2.34. The third-order valence-corrected chi connectivity index (χ3v) is 6.53. The molecule has 0 aromatic heterocycles. The number of ether oxygens (including phenoxy) is 1. The highest BCUT2D eigenvalue weighted by Gasteiger charge is 2.27. The van der Waals surface area contributed by atoms with Crippen LogP contribution in [-0.4, -0.2) is 48.8 Å². The Morgan fingerprint density at radius 1 is 1.10 bits per heavy atom. The Labute approximate surface area is 240 Å². The lowest BCUT2D eigenvalue weighted by atomic mass is 9.91. The molecule has 7 heteroatoms. The molecule has 0 bridgehead atoms. The van der Waals surface area contributed by atoms with Gasteiger partial charge in [0.15, 0.2) is 0 Å². The number of aliphatic imine (C=N–C) groups is 2.